The maximum absolute atomic E-state index is 15.1. The average molecular weight is 446 g/mol. The van der Waals surface area contributed by atoms with Crippen LogP contribution in [0.15, 0.2) is 30.6 Å². The van der Waals surface area contributed by atoms with Gasteiger partial charge in [0, 0.05) is 47.2 Å². The molecule has 1 saturated heterocycles. The van der Waals surface area contributed by atoms with Crippen molar-refractivity contribution in [1.82, 2.24) is 15.3 Å². The Balaban J connectivity index is 1.60. The Kier molecular flexibility index (Phi) is 8.21. The van der Waals surface area contributed by atoms with Crippen LogP contribution < -0.4 is 19.9 Å². The first-order valence-corrected chi connectivity index (χ1v) is 10.9. The van der Waals surface area contributed by atoms with Gasteiger partial charge in [0.25, 0.3) is 0 Å². The lowest BCUT2D eigenvalue weighted by molar-refractivity contribution is -0.119. The van der Waals surface area contributed by atoms with Crippen molar-refractivity contribution in [1.29, 1.82) is 0 Å². The van der Waals surface area contributed by atoms with Crippen LogP contribution in [0.1, 0.15) is 38.3 Å². The van der Waals surface area contributed by atoms with Gasteiger partial charge in [-0.05, 0) is 31.0 Å². The molecule has 32 heavy (non-hydrogen) atoms. The molecule has 9 heteroatoms. The summed E-state index contributed by atoms with van der Waals surface area (Å²) in [6, 6.07) is 7.62. The van der Waals surface area contributed by atoms with Gasteiger partial charge in [0.1, 0.15) is 18.2 Å². The molecule has 1 aliphatic rings. The van der Waals surface area contributed by atoms with Crippen molar-refractivity contribution < 1.29 is 18.7 Å². The molecule has 1 aromatic heterocycles. The number of carbonyl (C=O) groups is 1. The highest BCUT2D eigenvalue weighted by Gasteiger charge is 2.28. The Morgan fingerprint density at radius 3 is 2.78 bits per heavy atom. The smallest absolute Gasteiger partial charge is 0.217 e. The standard InChI is InChI=1S/C23H32FN5O3/c1-16(27-17(2)30)18-6-8-19(9-7-18)32-20-10-12-29(14-20)23-21(24)22(25-15-26-23)28(3)11-5-13-31-4/h6-9,15-16,20H,5,10-14H2,1-4H3,(H,27,30)/t16-,20+/m0/s1. The molecule has 2 aromatic rings. The number of rotatable bonds is 10. The highest BCUT2D eigenvalue weighted by atomic mass is 19.1. The Labute approximate surface area is 188 Å². The van der Waals surface area contributed by atoms with E-state index in [1.807, 2.05) is 43.1 Å². The zero-order valence-electron chi connectivity index (χ0n) is 19.2. The summed E-state index contributed by atoms with van der Waals surface area (Å²) >= 11 is 0. The second kappa shape index (κ2) is 11.1. The van der Waals surface area contributed by atoms with E-state index in [1.54, 1.807) is 12.0 Å². The van der Waals surface area contributed by atoms with Gasteiger partial charge in [0.15, 0.2) is 11.6 Å². The predicted octanol–water partition coefficient (Wildman–Crippen LogP) is 2.94. The Morgan fingerprint density at radius 1 is 1.34 bits per heavy atom. The number of amides is 1. The van der Waals surface area contributed by atoms with E-state index in [4.69, 9.17) is 9.47 Å². The van der Waals surface area contributed by atoms with Crippen LogP contribution in [0.4, 0.5) is 16.0 Å². The largest absolute Gasteiger partial charge is 0.489 e. The van der Waals surface area contributed by atoms with E-state index in [1.165, 1.54) is 13.3 Å². The van der Waals surface area contributed by atoms with Crippen LogP contribution in [0.3, 0.4) is 0 Å². The number of carbonyl (C=O) groups excluding carboxylic acids is 1. The molecule has 1 N–H and O–H groups in total. The van der Waals surface area contributed by atoms with Gasteiger partial charge in [-0.1, -0.05) is 12.1 Å². The summed E-state index contributed by atoms with van der Waals surface area (Å²) in [7, 11) is 3.47. The summed E-state index contributed by atoms with van der Waals surface area (Å²) in [6.45, 7) is 5.90. The second-order valence-corrected chi connectivity index (χ2v) is 8.07. The van der Waals surface area contributed by atoms with Crippen molar-refractivity contribution >= 4 is 17.5 Å². The fourth-order valence-electron chi connectivity index (χ4n) is 3.82. The topological polar surface area (TPSA) is 79.8 Å². The van der Waals surface area contributed by atoms with Crippen molar-refractivity contribution in [2.45, 2.75) is 38.8 Å². The van der Waals surface area contributed by atoms with Gasteiger partial charge in [0.2, 0.25) is 11.7 Å². The first kappa shape index (κ1) is 23.7. The minimum atomic E-state index is -0.413. The molecule has 8 nitrogen and oxygen atoms in total. The molecule has 2 atom stereocenters. The summed E-state index contributed by atoms with van der Waals surface area (Å²) in [5, 5.41) is 2.86. The SMILES string of the molecule is COCCCN(C)c1ncnc(N2CC[C@@H](Oc3ccc([C@H](C)NC(C)=O)cc3)C2)c1F. The molecule has 0 bridgehead atoms. The minimum Gasteiger partial charge on any atom is -0.489 e. The highest BCUT2D eigenvalue weighted by Crippen LogP contribution is 2.28. The van der Waals surface area contributed by atoms with Gasteiger partial charge in [-0.3, -0.25) is 4.79 Å². The first-order chi connectivity index (χ1) is 15.4. The van der Waals surface area contributed by atoms with Gasteiger partial charge in [-0.15, -0.1) is 0 Å². The van der Waals surface area contributed by atoms with E-state index >= 15 is 4.39 Å². The van der Waals surface area contributed by atoms with Gasteiger partial charge < -0.3 is 24.6 Å². The Bertz CT molecular complexity index is 896. The van der Waals surface area contributed by atoms with Crippen molar-refractivity contribution in [3.05, 3.63) is 42.0 Å². The molecule has 3 rings (SSSR count). The number of nitrogens with zero attached hydrogens (tertiary/aromatic N) is 4. The summed E-state index contributed by atoms with van der Waals surface area (Å²) in [5.74, 6) is 0.866. The molecule has 0 spiro atoms. The minimum absolute atomic E-state index is 0.0638. The van der Waals surface area contributed by atoms with Gasteiger partial charge in [-0.25, -0.2) is 9.97 Å². The van der Waals surface area contributed by atoms with E-state index < -0.39 is 5.82 Å². The average Bonchev–Trinajstić information content (AvgIpc) is 3.22. The molecular weight excluding hydrogens is 413 g/mol. The van der Waals surface area contributed by atoms with Crippen LogP contribution in [-0.4, -0.2) is 62.4 Å². The molecule has 1 aliphatic heterocycles. The number of nitrogens with one attached hydrogen (secondary N) is 1. The molecule has 1 fully saturated rings. The quantitative estimate of drug-likeness (QED) is 0.563. The van der Waals surface area contributed by atoms with E-state index in [0.717, 1.165) is 24.2 Å². The van der Waals surface area contributed by atoms with E-state index in [2.05, 4.69) is 15.3 Å². The van der Waals surface area contributed by atoms with Crippen LogP contribution in [0.5, 0.6) is 5.75 Å². The molecule has 0 saturated carbocycles. The zero-order chi connectivity index (χ0) is 23.1. The van der Waals surface area contributed by atoms with E-state index in [0.29, 0.717) is 37.9 Å². The van der Waals surface area contributed by atoms with Crippen LogP contribution in [-0.2, 0) is 9.53 Å². The van der Waals surface area contributed by atoms with Crippen molar-refractivity contribution in [2.75, 3.05) is 50.2 Å². The monoisotopic (exact) mass is 445 g/mol. The van der Waals surface area contributed by atoms with Gasteiger partial charge in [0.05, 0.1) is 12.6 Å². The summed E-state index contributed by atoms with van der Waals surface area (Å²) < 4.78 is 26.3. The van der Waals surface area contributed by atoms with Gasteiger partial charge >= 0.3 is 0 Å². The maximum Gasteiger partial charge on any atom is 0.217 e. The molecule has 174 valence electrons. The molecule has 0 unspecified atom stereocenters. The third-order valence-corrected chi connectivity index (χ3v) is 5.50. The van der Waals surface area contributed by atoms with Crippen molar-refractivity contribution in [3.8, 4) is 5.75 Å². The lowest BCUT2D eigenvalue weighted by Gasteiger charge is -2.23. The summed E-state index contributed by atoms with van der Waals surface area (Å²) in [6.07, 6.45) is 2.90. The molecule has 0 radical (unpaired) electrons. The summed E-state index contributed by atoms with van der Waals surface area (Å²) in [5.41, 5.74) is 1.01. The maximum atomic E-state index is 15.1. The van der Waals surface area contributed by atoms with Crippen molar-refractivity contribution in [2.24, 2.45) is 0 Å². The van der Waals surface area contributed by atoms with Gasteiger partial charge in [-0.2, -0.15) is 4.39 Å². The van der Waals surface area contributed by atoms with E-state index in [-0.39, 0.29) is 18.1 Å². The lowest BCUT2D eigenvalue weighted by atomic mass is 10.1. The number of methoxy groups -OCH3 is 1. The van der Waals surface area contributed by atoms with Crippen molar-refractivity contribution in [3.63, 3.8) is 0 Å². The predicted molar refractivity (Wildman–Crippen MR) is 122 cm³/mol. The fraction of sp³-hybridized carbons (Fsp3) is 0.522. The normalized spacial score (nSPS) is 16.7. The van der Waals surface area contributed by atoms with Crippen LogP contribution in [0.2, 0.25) is 0 Å². The first-order valence-electron chi connectivity index (χ1n) is 10.9. The van der Waals surface area contributed by atoms with Crippen LogP contribution >= 0.6 is 0 Å². The number of benzene rings is 1. The number of anilines is 2. The second-order valence-electron chi connectivity index (χ2n) is 8.07. The number of hydrogen-bond acceptors (Lipinski definition) is 7. The number of halogens is 1. The molecule has 1 amide bonds. The highest BCUT2D eigenvalue weighted by molar-refractivity contribution is 5.73. The fourth-order valence-corrected chi connectivity index (χ4v) is 3.82. The summed E-state index contributed by atoms with van der Waals surface area (Å²) in [4.78, 5) is 23.2. The Morgan fingerprint density at radius 2 is 2.09 bits per heavy atom. The lowest BCUT2D eigenvalue weighted by Crippen LogP contribution is -2.28. The molecule has 0 aliphatic carbocycles. The molecule has 1 aromatic carbocycles. The molecule has 2 heterocycles. The van der Waals surface area contributed by atoms with E-state index in [9.17, 15) is 4.79 Å². The number of ether oxygens (including phenoxy) is 2. The number of hydrogen-bond donors (Lipinski definition) is 1. The molecular formula is C23H32FN5O3. The van der Waals surface area contributed by atoms with Crippen LogP contribution in [0, 0.1) is 5.82 Å². The third-order valence-electron chi connectivity index (χ3n) is 5.50. The number of aromatic nitrogens is 2. The third kappa shape index (κ3) is 6.06. The van der Waals surface area contributed by atoms with Crippen LogP contribution in [0.25, 0.3) is 0 Å². The zero-order valence-corrected chi connectivity index (χ0v) is 19.2. The Hall–Kier alpha value is -2.94.